The number of aryl methyl sites for hydroxylation is 1. The van der Waals surface area contributed by atoms with Crippen molar-refractivity contribution in [2.75, 3.05) is 0 Å². The molecule has 1 fully saturated rings. The van der Waals surface area contributed by atoms with E-state index in [4.69, 9.17) is 0 Å². The molecule has 0 unspecified atom stereocenters. The van der Waals surface area contributed by atoms with Crippen LogP contribution < -0.4 is 5.32 Å². The van der Waals surface area contributed by atoms with Crippen molar-refractivity contribution in [3.63, 3.8) is 0 Å². The molecule has 0 atom stereocenters. The van der Waals surface area contributed by atoms with E-state index >= 15 is 0 Å². The molecule has 3 rings (SSSR count). The molecule has 19 heavy (non-hydrogen) atoms. The van der Waals surface area contributed by atoms with Gasteiger partial charge in [-0.1, -0.05) is 6.07 Å². The average Bonchev–Trinajstić information content (AvgIpc) is 3.16. The highest BCUT2D eigenvalue weighted by Gasteiger charge is 2.21. The summed E-state index contributed by atoms with van der Waals surface area (Å²) >= 11 is 0. The van der Waals surface area contributed by atoms with Crippen molar-refractivity contribution >= 4 is 0 Å². The van der Waals surface area contributed by atoms with E-state index in [0.717, 1.165) is 28.9 Å². The van der Waals surface area contributed by atoms with Gasteiger partial charge in [0, 0.05) is 30.9 Å². The lowest BCUT2D eigenvalue weighted by atomic mass is 10.00. The first-order chi connectivity index (χ1) is 9.15. The lowest BCUT2D eigenvalue weighted by Crippen LogP contribution is -2.16. The number of aromatic nitrogens is 2. The molecule has 4 heteroatoms. The van der Waals surface area contributed by atoms with Crippen molar-refractivity contribution in [2.45, 2.75) is 32.4 Å². The Kier molecular flexibility index (Phi) is 3.11. The number of halogens is 1. The van der Waals surface area contributed by atoms with Crippen molar-refractivity contribution < 1.29 is 4.39 Å². The van der Waals surface area contributed by atoms with Gasteiger partial charge in [0.1, 0.15) is 5.82 Å². The van der Waals surface area contributed by atoms with Gasteiger partial charge in [-0.3, -0.25) is 4.68 Å². The quantitative estimate of drug-likeness (QED) is 0.915. The van der Waals surface area contributed by atoms with E-state index in [0.29, 0.717) is 6.04 Å². The fourth-order valence-corrected chi connectivity index (χ4v) is 2.26. The predicted molar refractivity (Wildman–Crippen MR) is 73.2 cm³/mol. The zero-order chi connectivity index (χ0) is 13.4. The van der Waals surface area contributed by atoms with E-state index in [1.54, 1.807) is 6.07 Å². The van der Waals surface area contributed by atoms with Gasteiger partial charge in [0.25, 0.3) is 0 Å². The third kappa shape index (κ3) is 2.54. The second-order valence-electron chi connectivity index (χ2n) is 5.22. The van der Waals surface area contributed by atoms with Crippen LogP contribution in [0.2, 0.25) is 0 Å². The molecule has 1 aliphatic rings. The second kappa shape index (κ2) is 4.78. The fourth-order valence-electron chi connectivity index (χ4n) is 2.26. The first kappa shape index (κ1) is 12.4. The Morgan fingerprint density at radius 2 is 2.16 bits per heavy atom. The maximum atomic E-state index is 13.5. The van der Waals surface area contributed by atoms with Crippen LogP contribution in [-0.2, 0) is 13.6 Å². The normalized spacial score (nSPS) is 14.9. The molecule has 1 aromatic heterocycles. The van der Waals surface area contributed by atoms with Crippen LogP contribution in [0.5, 0.6) is 0 Å². The Labute approximate surface area is 112 Å². The molecule has 1 aromatic carbocycles. The highest BCUT2D eigenvalue weighted by molar-refractivity contribution is 5.69. The predicted octanol–water partition coefficient (Wildman–Crippen LogP) is 2.79. The number of hydrogen-bond acceptors (Lipinski definition) is 2. The molecule has 1 aliphatic carbocycles. The Balaban J connectivity index is 1.97. The standard InChI is InChI=1S/C15H18FN3/c1-10-15(9-18-19(10)2)14-7-12(16)4-3-11(14)8-17-13-5-6-13/h3-4,7,9,13,17H,5-6,8H2,1-2H3. The summed E-state index contributed by atoms with van der Waals surface area (Å²) < 4.78 is 15.4. The molecule has 0 amide bonds. The van der Waals surface area contributed by atoms with Crippen molar-refractivity contribution in [3.8, 4) is 11.1 Å². The van der Waals surface area contributed by atoms with Crippen molar-refractivity contribution in [3.05, 3.63) is 41.5 Å². The van der Waals surface area contributed by atoms with Crippen LogP contribution in [0.4, 0.5) is 4.39 Å². The van der Waals surface area contributed by atoms with Crippen LogP contribution in [0.3, 0.4) is 0 Å². The molecule has 1 N–H and O–H groups in total. The van der Waals surface area contributed by atoms with Gasteiger partial charge in [0.05, 0.1) is 6.20 Å². The molecule has 0 aliphatic heterocycles. The Hall–Kier alpha value is -1.68. The van der Waals surface area contributed by atoms with E-state index < -0.39 is 0 Å². The van der Waals surface area contributed by atoms with E-state index in [9.17, 15) is 4.39 Å². The largest absolute Gasteiger partial charge is 0.310 e. The SMILES string of the molecule is Cc1c(-c2cc(F)ccc2CNC2CC2)cnn1C. The second-order valence-corrected chi connectivity index (χ2v) is 5.22. The van der Waals surface area contributed by atoms with E-state index in [-0.39, 0.29) is 5.82 Å². The van der Waals surface area contributed by atoms with Crippen LogP contribution in [0.25, 0.3) is 11.1 Å². The van der Waals surface area contributed by atoms with Crippen LogP contribution in [-0.4, -0.2) is 15.8 Å². The minimum absolute atomic E-state index is 0.201. The summed E-state index contributed by atoms with van der Waals surface area (Å²) in [6, 6.07) is 5.65. The van der Waals surface area contributed by atoms with Gasteiger partial charge in [-0.15, -0.1) is 0 Å². The Morgan fingerprint density at radius 3 is 2.79 bits per heavy atom. The van der Waals surface area contributed by atoms with Crippen LogP contribution in [0.1, 0.15) is 24.1 Å². The molecule has 0 radical (unpaired) electrons. The molecule has 0 spiro atoms. The van der Waals surface area contributed by atoms with Crippen molar-refractivity contribution in [1.29, 1.82) is 0 Å². The highest BCUT2D eigenvalue weighted by atomic mass is 19.1. The molecular weight excluding hydrogens is 241 g/mol. The zero-order valence-electron chi connectivity index (χ0n) is 11.3. The molecule has 100 valence electrons. The van der Waals surface area contributed by atoms with Crippen molar-refractivity contribution in [2.24, 2.45) is 7.05 Å². The summed E-state index contributed by atoms with van der Waals surface area (Å²) in [6.07, 6.45) is 4.32. The number of hydrogen-bond donors (Lipinski definition) is 1. The summed E-state index contributed by atoms with van der Waals surface area (Å²) in [5.74, 6) is -0.201. The van der Waals surface area contributed by atoms with E-state index in [1.165, 1.54) is 18.9 Å². The van der Waals surface area contributed by atoms with Gasteiger partial charge in [0.2, 0.25) is 0 Å². The van der Waals surface area contributed by atoms with Gasteiger partial charge in [-0.2, -0.15) is 5.10 Å². The van der Waals surface area contributed by atoms with Gasteiger partial charge in [-0.25, -0.2) is 4.39 Å². The molecule has 0 saturated heterocycles. The maximum absolute atomic E-state index is 13.5. The summed E-state index contributed by atoms with van der Waals surface area (Å²) in [7, 11) is 1.90. The summed E-state index contributed by atoms with van der Waals surface area (Å²) in [5, 5.41) is 7.72. The highest BCUT2D eigenvalue weighted by Crippen LogP contribution is 2.28. The molecule has 1 heterocycles. The summed E-state index contributed by atoms with van der Waals surface area (Å²) in [6.45, 7) is 2.79. The minimum Gasteiger partial charge on any atom is -0.310 e. The Morgan fingerprint density at radius 1 is 1.37 bits per heavy atom. The smallest absolute Gasteiger partial charge is 0.123 e. The number of nitrogens with zero attached hydrogens (tertiary/aromatic N) is 2. The molecular formula is C15H18FN3. The van der Waals surface area contributed by atoms with Crippen LogP contribution >= 0.6 is 0 Å². The first-order valence-electron chi connectivity index (χ1n) is 6.66. The Bertz CT molecular complexity index is 599. The van der Waals surface area contributed by atoms with E-state index in [2.05, 4.69) is 10.4 Å². The van der Waals surface area contributed by atoms with Crippen molar-refractivity contribution in [1.82, 2.24) is 15.1 Å². The molecule has 2 aromatic rings. The minimum atomic E-state index is -0.201. The maximum Gasteiger partial charge on any atom is 0.123 e. The molecule has 3 nitrogen and oxygen atoms in total. The zero-order valence-corrected chi connectivity index (χ0v) is 11.3. The molecule has 0 bridgehead atoms. The number of benzene rings is 1. The van der Waals surface area contributed by atoms with Crippen LogP contribution in [0.15, 0.2) is 24.4 Å². The van der Waals surface area contributed by atoms with Crippen LogP contribution in [0, 0.1) is 12.7 Å². The topological polar surface area (TPSA) is 29.9 Å². The van der Waals surface area contributed by atoms with Gasteiger partial charge < -0.3 is 5.32 Å². The summed E-state index contributed by atoms with van der Waals surface area (Å²) in [5.41, 5.74) is 4.14. The fraction of sp³-hybridized carbons (Fsp3) is 0.400. The van der Waals surface area contributed by atoms with Gasteiger partial charge >= 0.3 is 0 Å². The lowest BCUT2D eigenvalue weighted by Gasteiger charge is -2.10. The summed E-state index contributed by atoms with van der Waals surface area (Å²) in [4.78, 5) is 0. The monoisotopic (exact) mass is 259 g/mol. The lowest BCUT2D eigenvalue weighted by molar-refractivity contribution is 0.625. The third-order valence-electron chi connectivity index (χ3n) is 3.76. The average molecular weight is 259 g/mol. The van der Waals surface area contributed by atoms with E-state index in [1.807, 2.05) is 30.9 Å². The number of rotatable bonds is 4. The van der Waals surface area contributed by atoms with Gasteiger partial charge in [0.15, 0.2) is 0 Å². The van der Waals surface area contributed by atoms with Gasteiger partial charge in [-0.05, 0) is 43.0 Å². The third-order valence-corrected chi connectivity index (χ3v) is 3.76. The molecule has 1 saturated carbocycles. The first-order valence-corrected chi connectivity index (χ1v) is 6.66. The number of nitrogens with one attached hydrogen (secondary N) is 1.